The zero-order chi connectivity index (χ0) is 19.5. The highest BCUT2D eigenvalue weighted by Crippen LogP contribution is 2.28. The van der Waals surface area contributed by atoms with Crippen LogP contribution >= 0.6 is 0 Å². The molecule has 0 radical (unpaired) electrons. The first-order chi connectivity index (χ1) is 13.6. The van der Waals surface area contributed by atoms with Crippen molar-refractivity contribution in [3.63, 3.8) is 0 Å². The van der Waals surface area contributed by atoms with Gasteiger partial charge in [-0.2, -0.15) is 5.10 Å². The van der Waals surface area contributed by atoms with Gasteiger partial charge in [0.1, 0.15) is 0 Å². The molecule has 7 nitrogen and oxygen atoms in total. The van der Waals surface area contributed by atoms with Crippen LogP contribution < -0.4 is 10.2 Å². The molecule has 28 heavy (non-hydrogen) atoms. The highest BCUT2D eigenvalue weighted by molar-refractivity contribution is 6.34. The standard InChI is InChI=1S/C21H18N4O3/c26-19(22-10-4-12-24-13-5-11-23-24)15-6-3-7-16(14-15)25-20(27)17-8-1-2-9-18(17)21(25)28/h1-3,5-9,11,13-14H,4,10,12H2,(H,22,26). The van der Waals surface area contributed by atoms with Gasteiger partial charge in [-0.15, -0.1) is 0 Å². The van der Waals surface area contributed by atoms with Crippen LogP contribution in [0.1, 0.15) is 37.5 Å². The minimum Gasteiger partial charge on any atom is -0.352 e. The summed E-state index contributed by atoms with van der Waals surface area (Å²) in [5.41, 5.74) is 1.53. The quantitative estimate of drug-likeness (QED) is 0.531. The Morgan fingerprint density at radius 1 is 0.964 bits per heavy atom. The average Bonchev–Trinajstić information content (AvgIpc) is 3.32. The lowest BCUT2D eigenvalue weighted by Gasteiger charge is -2.15. The third kappa shape index (κ3) is 3.29. The molecule has 0 aliphatic carbocycles. The molecule has 3 amide bonds. The lowest BCUT2D eigenvalue weighted by atomic mass is 10.1. The maximum absolute atomic E-state index is 12.6. The van der Waals surface area contributed by atoms with Crippen LogP contribution in [0.25, 0.3) is 0 Å². The predicted octanol–water partition coefficient (Wildman–Crippen LogP) is 2.50. The molecule has 0 spiro atoms. The number of anilines is 1. The van der Waals surface area contributed by atoms with E-state index in [4.69, 9.17) is 0 Å². The molecule has 1 N–H and O–H groups in total. The predicted molar refractivity (Wildman–Crippen MR) is 103 cm³/mol. The van der Waals surface area contributed by atoms with Gasteiger partial charge in [0.25, 0.3) is 17.7 Å². The van der Waals surface area contributed by atoms with Gasteiger partial charge in [-0.1, -0.05) is 18.2 Å². The Hall–Kier alpha value is -3.74. The Morgan fingerprint density at radius 3 is 2.39 bits per heavy atom. The molecule has 0 atom stereocenters. The summed E-state index contributed by atoms with van der Waals surface area (Å²) in [6.07, 6.45) is 4.32. The van der Waals surface area contributed by atoms with Crippen molar-refractivity contribution < 1.29 is 14.4 Å². The van der Waals surface area contributed by atoms with E-state index in [1.165, 1.54) is 0 Å². The molecule has 7 heteroatoms. The summed E-state index contributed by atoms with van der Waals surface area (Å²) in [4.78, 5) is 38.8. The summed E-state index contributed by atoms with van der Waals surface area (Å²) in [5, 5.41) is 6.96. The fourth-order valence-corrected chi connectivity index (χ4v) is 3.19. The third-order valence-corrected chi connectivity index (χ3v) is 4.57. The summed E-state index contributed by atoms with van der Waals surface area (Å²) in [5.74, 6) is -1.01. The molecule has 0 bridgehead atoms. The topological polar surface area (TPSA) is 84.3 Å². The molecule has 0 unspecified atom stereocenters. The van der Waals surface area contributed by atoms with Crippen molar-refractivity contribution >= 4 is 23.4 Å². The number of nitrogens with zero attached hydrogens (tertiary/aromatic N) is 3. The van der Waals surface area contributed by atoms with Gasteiger partial charge in [-0.05, 0) is 42.8 Å². The number of rotatable bonds is 6. The number of fused-ring (bicyclic) bond motifs is 1. The van der Waals surface area contributed by atoms with Gasteiger partial charge < -0.3 is 5.32 Å². The van der Waals surface area contributed by atoms with E-state index >= 15 is 0 Å². The maximum atomic E-state index is 12.6. The van der Waals surface area contributed by atoms with Crippen molar-refractivity contribution in [1.82, 2.24) is 15.1 Å². The number of carbonyl (C=O) groups is 3. The molecule has 1 aliphatic heterocycles. The average molecular weight is 374 g/mol. The second-order valence-corrected chi connectivity index (χ2v) is 6.42. The first kappa shape index (κ1) is 17.7. The molecule has 140 valence electrons. The van der Waals surface area contributed by atoms with E-state index < -0.39 is 0 Å². The smallest absolute Gasteiger partial charge is 0.266 e. The monoisotopic (exact) mass is 374 g/mol. The first-order valence-corrected chi connectivity index (χ1v) is 8.98. The summed E-state index contributed by atoms with van der Waals surface area (Å²) in [6.45, 7) is 1.21. The number of aryl methyl sites for hydroxylation is 1. The zero-order valence-electron chi connectivity index (χ0n) is 15.0. The van der Waals surface area contributed by atoms with Crippen molar-refractivity contribution in [3.05, 3.63) is 83.7 Å². The number of aromatic nitrogens is 2. The number of hydrogen-bond donors (Lipinski definition) is 1. The minimum atomic E-state index is -0.377. The van der Waals surface area contributed by atoms with Gasteiger partial charge >= 0.3 is 0 Å². The van der Waals surface area contributed by atoms with Crippen molar-refractivity contribution in [2.75, 3.05) is 11.4 Å². The Kier molecular flexibility index (Phi) is 4.72. The number of carbonyl (C=O) groups excluding carboxylic acids is 3. The highest BCUT2D eigenvalue weighted by atomic mass is 16.2. The van der Waals surface area contributed by atoms with E-state index in [-0.39, 0.29) is 17.7 Å². The van der Waals surface area contributed by atoms with Gasteiger partial charge in [0.15, 0.2) is 0 Å². The third-order valence-electron chi connectivity index (χ3n) is 4.57. The lowest BCUT2D eigenvalue weighted by Crippen LogP contribution is -2.30. The molecule has 2 aromatic carbocycles. The second kappa shape index (κ2) is 7.48. The van der Waals surface area contributed by atoms with Crippen LogP contribution in [0, 0.1) is 0 Å². The molecule has 1 aromatic heterocycles. The van der Waals surface area contributed by atoms with Crippen molar-refractivity contribution in [2.45, 2.75) is 13.0 Å². The zero-order valence-corrected chi connectivity index (χ0v) is 15.0. The van der Waals surface area contributed by atoms with Crippen LogP contribution in [0.3, 0.4) is 0 Å². The van der Waals surface area contributed by atoms with Crippen LogP contribution in [0.2, 0.25) is 0 Å². The lowest BCUT2D eigenvalue weighted by molar-refractivity contribution is 0.0919. The number of hydrogen-bond acceptors (Lipinski definition) is 4. The first-order valence-electron chi connectivity index (χ1n) is 8.98. The van der Waals surface area contributed by atoms with Gasteiger partial charge in [0.2, 0.25) is 0 Å². The summed E-state index contributed by atoms with van der Waals surface area (Å²) < 4.78 is 1.80. The maximum Gasteiger partial charge on any atom is 0.266 e. The van der Waals surface area contributed by atoms with E-state index in [1.54, 1.807) is 59.4 Å². The van der Waals surface area contributed by atoms with Gasteiger partial charge in [-0.25, -0.2) is 4.90 Å². The Labute approximate surface area is 161 Å². The number of amides is 3. The van der Waals surface area contributed by atoms with Gasteiger partial charge in [0.05, 0.1) is 16.8 Å². The SMILES string of the molecule is O=C(NCCCn1cccn1)c1cccc(N2C(=O)c3ccccc3C2=O)c1. The van der Waals surface area contributed by atoms with E-state index in [1.807, 2.05) is 12.3 Å². The van der Waals surface area contributed by atoms with Crippen molar-refractivity contribution in [2.24, 2.45) is 0 Å². The van der Waals surface area contributed by atoms with Crippen LogP contribution in [0.4, 0.5) is 5.69 Å². The van der Waals surface area contributed by atoms with Crippen LogP contribution in [-0.2, 0) is 6.54 Å². The minimum absolute atomic E-state index is 0.251. The van der Waals surface area contributed by atoms with E-state index in [9.17, 15) is 14.4 Å². The van der Waals surface area contributed by atoms with Crippen molar-refractivity contribution in [3.8, 4) is 0 Å². The molecular weight excluding hydrogens is 356 g/mol. The van der Waals surface area contributed by atoms with E-state index in [0.717, 1.165) is 11.3 Å². The highest BCUT2D eigenvalue weighted by Gasteiger charge is 2.36. The molecule has 3 aromatic rings. The molecule has 0 fully saturated rings. The van der Waals surface area contributed by atoms with Crippen LogP contribution in [-0.4, -0.2) is 34.0 Å². The van der Waals surface area contributed by atoms with Gasteiger partial charge in [-0.3, -0.25) is 19.1 Å². The number of imide groups is 1. The fourth-order valence-electron chi connectivity index (χ4n) is 3.19. The number of benzene rings is 2. The molecule has 2 heterocycles. The van der Waals surface area contributed by atoms with E-state index in [2.05, 4.69) is 10.4 Å². The van der Waals surface area contributed by atoms with Crippen LogP contribution in [0.5, 0.6) is 0 Å². The van der Waals surface area contributed by atoms with Crippen LogP contribution in [0.15, 0.2) is 67.0 Å². The molecular formula is C21H18N4O3. The van der Waals surface area contributed by atoms with Crippen molar-refractivity contribution in [1.29, 1.82) is 0 Å². The van der Waals surface area contributed by atoms with E-state index in [0.29, 0.717) is 35.5 Å². The Morgan fingerprint density at radius 2 is 1.71 bits per heavy atom. The van der Waals surface area contributed by atoms with Gasteiger partial charge in [0, 0.05) is 31.0 Å². The Balaban J connectivity index is 1.44. The summed E-state index contributed by atoms with van der Waals surface area (Å²) >= 11 is 0. The molecule has 4 rings (SSSR count). The Bertz CT molecular complexity index is 1010. The fraction of sp³-hybridized carbons (Fsp3) is 0.143. The molecule has 1 aliphatic rings. The summed E-state index contributed by atoms with van der Waals surface area (Å²) in [7, 11) is 0. The largest absolute Gasteiger partial charge is 0.352 e. The molecule has 0 saturated carbocycles. The summed E-state index contributed by atoms with van der Waals surface area (Å²) in [6, 6.07) is 15.1. The normalized spacial score (nSPS) is 12.9. The number of nitrogens with one attached hydrogen (secondary N) is 1. The second-order valence-electron chi connectivity index (χ2n) is 6.42. The molecule has 0 saturated heterocycles.